The van der Waals surface area contributed by atoms with E-state index in [0.717, 1.165) is 0 Å². The van der Waals surface area contributed by atoms with Crippen molar-refractivity contribution in [2.75, 3.05) is 0 Å². The minimum Gasteiger partial charge on any atom is -0.489 e. The van der Waals surface area contributed by atoms with E-state index in [4.69, 9.17) is 21.6 Å². The monoisotopic (exact) mass is 526 g/mol. The first-order valence-corrected chi connectivity index (χ1v) is 13.3. The van der Waals surface area contributed by atoms with E-state index in [2.05, 4.69) is 88.4 Å². The number of carbonyl (C=O) groups is 1. The Balaban J connectivity index is 0.000000583. The second-order valence-corrected chi connectivity index (χ2v) is 14.6. The lowest BCUT2D eigenvalue weighted by Crippen LogP contribution is -2.74. The van der Waals surface area contributed by atoms with Crippen LogP contribution in [-0.2, 0) is 0 Å². The van der Waals surface area contributed by atoms with Gasteiger partial charge in [-0.2, -0.15) is 5.26 Å². The fourth-order valence-electron chi connectivity index (χ4n) is 4.40. The van der Waals surface area contributed by atoms with Crippen LogP contribution < -0.4 is 10.1 Å². The first kappa shape index (κ1) is 32.5. The lowest BCUT2D eigenvalue weighted by molar-refractivity contribution is -0.164. The van der Waals surface area contributed by atoms with E-state index in [1.807, 2.05) is 24.3 Å². The number of benzene rings is 2. The molecule has 2 aromatic rings. The molecular formula is C32H47ClN2O2. The van der Waals surface area contributed by atoms with Crippen LogP contribution in [0.1, 0.15) is 99.0 Å². The van der Waals surface area contributed by atoms with Crippen molar-refractivity contribution in [3.8, 4) is 11.8 Å². The van der Waals surface area contributed by atoms with Gasteiger partial charge in [0.05, 0.1) is 10.6 Å². The van der Waals surface area contributed by atoms with E-state index in [1.54, 1.807) is 30.3 Å². The molecule has 0 aromatic heterocycles. The molecule has 0 atom stereocenters. The van der Waals surface area contributed by atoms with Crippen LogP contribution in [0, 0.1) is 33.0 Å². The number of carbonyl (C=O) groups excluding carboxylic acids is 1. The number of nitrogens with one attached hydrogen (secondary N) is 1. The molecule has 0 heterocycles. The highest BCUT2D eigenvalue weighted by molar-refractivity contribution is 6.31. The van der Waals surface area contributed by atoms with Gasteiger partial charge >= 0.3 is 0 Å². The Morgan fingerprint density at radius 2 is 1.35 bits per heavy atom. The van der Waals surface area contributed by atoms with Crippen molar-refractivity contribution >= 4 is 17.5 Å². The van der Waals surface area contributed by atoms with Crippen molar-refractivity contribution in [1.82, 2.24) is 5.32 Å². The highest BCUT2D eigenvalue weighted by Gasteiger charge is 2.64. The molecular weight excluding hydrogens is 480 g/mol. The summed E-state index contributed by atoms with van der Waals surface area (Å²) in [7, 11) is 0. The molecule has 2 aromatic carbocycles. The molecule has 0 radical (unpaired) electrons. The molecule has 1 aliphatic rings. The smallest absolute Gasteiger partial charge is 0.251 e. The lowest BCUT2D eigenvalue weighted by atomic mass is 9.49. The maximum Gasteiger partial charge on any atom is 0.251 e. The molecule has 0 bridgehead atoms. The molecule has 5 heteroatoms. The molecule has 1 amide bonds. The van der Waals surface area contributed by atoms with Crippen LogP contribution >= 0.6 is 11.6 Å². The standard InChI is InChI=1S/C22H23ClN2O2.2C5H12/c1-21(2)19(25-18(26)14-8-6-5-7-9-14)22(3,4)20(21)27-16-11-10-15(13-24)17(23)12-16;2*1-5(2,3)4/h5-12,19-20H,1-4H3,(H,25,26);2*1-4H3. The van der Waals surface area contributed by atoms with Crippen molar-refractivity contribution in [2.24, 2.45) is 21.7 Å². The van der Waals surface area contributed by atoms with Crippen molar-refractivity contribution in [2.45, 2.75) is 95.2 Å². The first-order chi connectivity index (χ1) is 16.7. The van der Waals surface area contributed by atoms with Gasteiger partial charge in [-0.1, -0.05) is 113 Å². The molecule has 3 rings (SSSR count). The van der Waals surface area contributed by atoms with E-state index in [0.29, 0.717) is 32.7 Å². The van der Waals surface area contributed by atoms with Crippen molar-refractivity contribution in [3.63, 3.8) is 0 Å². The van der Waals surface area contributed by atoms with Gasteiger partial charge in [0.1, 0.15) is 17.9 Å². The van der Waals surface area contributed by atoms with Crippen molar-refractivity contribution in [3.05, 3.63) is 64.7 Å². The summed E-state index contributed by atoms with van der Waals surface area (Å²) in [6.45, 7) is 25.8. The van der Waals surface area contributed by atoms with E-state index >= 15 is 0 Å². The van der Waals surface area contributed by atoms with E-state index in [9.17, 15) is 4.79 Å². The largest absolute Gasteiger partial charge is 0.489 e. The Morgan fingerprint density at radius 3 is 1.76 bits per heavy atom. The summed E-state index contributed by atoms with van der Waals surface area (Å²) in [5.74, 6) is 0.541. The summed E-state index contributed by atoms with van der Waals surface area (Å²) in [6, 6.07) is 16.3. The van der Waals surface area contributed by atoms with Crippen LogP contribution in [0.25, 0.3) is 0 Å². The normalized spacial score (nSPS) is 19.5. The molecule has 1 saturated carbocycles. The molecule has 1 fully saturated rings. The zero-order valence-electron chi connectivity index (χ0n) is 24.9. The number of rotatable bonds is 4. The maximum absolute atomic E-state index is 12.6. The summed E-state index contributed by atoms with van der Waals surface area (Å²) < 4.78 is 6.23. The highest BCUT2D eigenvalue weighted by Crippen LogP contribution is 2.55. The summed E-state index contributed by atoms with van der Waals surface area (Å²) in [4.78, 5) is 12.6. The van der Waals surface area contributed by atoms with Crippen molar-refractivity contribution in [1.29, 1.82) is 5.26 Å². The van der Waals surface area contributed by atoms with Crippen LogP contribution in [-0.4, -0.2) is 18.1 Å². The average molecular weight is 527 g/mol. The zero-order chi connectivity index (χ0) is 28.8. The van der Waals surface area contributed by atoms with E-state index in [-0.39, 0.29) is 28.9 Å². The summed E-state index contributed by atoms with van der Waals surface area (Å²) in [5, 5.41) is 12.6. The molecule has 0 spiro atoms. The summed E-state index contributed by atoms with van der Waals surface area (Å²) in [6.07, 6.45) is -0.116. The number of halogens is 1. The Bertz CT molecular complexity index is 1030. The number of nitriles is 1. The van der Waals surface area contributed by atoms with E-state index in [1.165, 1.54) is 0 Å². The fourth-order valence-corrected chi connectivity index (χ4v) is 4.61. The van der Waals surface area contributed by atoms with Gasteiger partial charge in [0.15, 0.2) is 0 Å². The second kappa shape index (κ2) is 12.4. The minimum atomic E-state index is -0.270. The van der Waals surface area contributed by atoms with Gasteiger partial charge in [-0.25, -0.2) is 0 Å². The Kier molecular flexibility index (Phi) is 10.9. The van der Waals surface area contributed by atoms with Gasteiger partial charge in [-0.15, -0.1) is 0 Å². The third-order valence-corrected chi connectivity index (χ3v) is 5.78. The number of hydrogen-bond acceptors (Lipinski definition) is 3. The molecule has 4 nitrogen and oxygen atoms in total. The van der Waals surface area contributed by atoms with Gasteiger partial charge in [-0.3, -0.25) is 4.79 Å². The third kappa shape index (κ3) is 10.4. The number of ether oxygens (including phenoxy) is 1. The van der Waals surface area contributed by atoms with Crippen LogP contribution in [0.4, 0.5) is 0 Å². The topological polar surface area (TPSA) is 62.1 Å². The Hall–Kier alpha value is -2.51. The van der Waals surface area contributed by atoms with Crippen LogP contribution in [0.3, 0.4) is 0 Å². The summed E-state index contributed by atoms with van der Waals surface area (Å²) >= 11 is 6.12. The number of hydrogen-bond donors (Lipinski definition) is 1. The quantitative estimate of drug-likeness (QED) is 0.432. The molecule has 1 aliphatic carbocycles. The van der Waals surface area contributed by atoms with Crippen LogP contribution in [0.15, 0.2) is 48.5 Å². The van der Waals surface area contributed by atoms with Crippen LogP contribution in [0.5, 0.6) is 5.75 Å². The SMILES string of the molecule is CC(C)(C)C.CC(C)(C)C.CC1(C)C(NC(=O)c2ccccc2)C(C)(C)C1Oc1ccc(C#N)c(Cl)c1. The molecule has 0 aliphatic heterocycles. The number of amides is 1. The number of nitrogens with zero attached hydrogens (tertiary/aromatic N) is 1. The van der Waals surface area contributed by atoms with Gasteiger partial charge in [0, 0.05) is 28.5 Å². The van der Waals surface area contributed by atoms with Gasteiger partial charge < -0.3 is 10.1 Å². The Morgan fingerprint density at radius 1 is 0.892 bits per heavy atom. The molecule has 0 unspecified atom stereocenters. The maximum atomic E-state index is 12.6. The highest BCUT2D eigenvalue weighted by atomic mass is 35.5. The average Bonchev–Trinajstić information content (AvgIpc) is 2.73. The van der Waals surface area contributed by atoms with E-state index < -0.39 is 0 Å². The van der Waals surface area contributed by atoms with Gasteiger partial charge in [-0.05, 0) is 35.1 Å². The molecule has 37 heavy (non-hydrogen) atoms. The minimum absolute atomic E-state index is 0.0449. The zero-order valence-corrected chi connectivity index (χ0v) is 25.7. The third-order valence-electron chi connectivity index (χ3n) is 5.47. The first-order valence-electron chi connectivity index (χ1n) is 12.9. The molecule has 1 N–H and O–H groups in total. The fraction of sp³-hybridized carbons (Fsp3) is 0.562. The predicted octanol–water partition coefficient (Wildman–Crippen LogP) is 8.93. The van der Waals surface area contributed by atoms with Gasteiger partial charge in [0.25, 0.3) is 5.91 Å². The summed E-state index contributed by atoms with van der Waals surface area (Å²) in [5.41, 5.74) is 1.53. The van der Waals surface area contributed by atoms with Gasteiger partial charge in [0.2, 0.25) is 0 Å². The predicted molar refractivity (Wildman–Crippen MR) is 156 cm³/mol. The van der Waals surface area contributed by atoms with Crippen molar-refractivity contribution < 1.29 is 9.53 Å². The second-order valence-electron chi connectivity index (χ2n) is 14.2. The molecule has 204 valence electrons. The lowest BCUT2D eigenvalue weighted by Gasteiger charge is -2.63. The Labute approximate surface area is 230 Å². The van der Waals surface area contributed by atoms with Crippen LogP contribution in [0.2, 0.25) is 5.02 Å². The molecule has 0 saturated heterocycles.